The molecule has 4 amide bonds. The van der Waals surface area contributed by atoms with E-state index in [2.05, 4.69) is 10.9 Å². The molecule has 2 N–H and O–H groups in total. The van der Waals surface area contributed by atoms with E-state index in [-0.39, 0.29) is 23.7 Å². The molecule has 2 aromatic carbocycles. The number of carbonyl (C=O) groups is 4. The number of aryl methyl sites for hydroxylation is 1. The summed E-state index contributed by atoms with van der Waals surface area (Å²) in [6.45, 7) is 7.10. The maximum Gasteiger partial charge on any atom is 0.276 e. The van der Waals surface area contributed by atoms with Crippen molar-refractivity contribution in [1.29, 1.82) is 0 Å². The third kappa shape index (κ3) is 4.58. The number of carbonyl (C=O) groups excluding carboxylic acids is 4. The van der Waals surface area contributed by atoms with Crippen molar-refractivity contribution in [2.24, 2.45) is 0 Å². The number of ether oxygens (including phenoxy) is 1. The van der Waals surface area contributed by atoms with Crippen LogP contribution in [0.25, 0.3) is 0 Å². The Labute approximate surface area is 180 Å². The van der Waals surface area contributed by atoms with Gasteiger partial charge in [0.1, 0.15) is 11.8 Å². The maximum atomic E-state index is 12.5. The number of hydrazine groups is 1. The Bertz CT molecular complexity index is 1010. The first kappa shape index (κ1) is 22.0. The molecule has 0 spiro atoms. The highest BCUT2D eigenvalue weighted by molar-refractivity contribution is 6.22. The van der Waals surface area contributed by atoms with Gasteiger partial charge in [-0.1, -0.05) is 38.1 Å². The molecular weight excluding hydrogens is 398 g/mol. The second kappa shape index (κ2) is 8.99. The molecular formula is C23H25N3O5. The van der Waals surface area contributed by atoms with E-state index in [0.29, 0.717) is 5.75 Å². The molecule has 8 nitrogen and oxygen atoms in total. The highest BCUT2D eigenvalue weighted by atomic mass is 16.5. The molecule has 1 unspecified atom stereocenters. The number of imide groups is 1. The standard InChI is InChI=1S/C23H25N3O5/c1-13(2)16-10-9-14(3)11-19(16)31-12-20(27)24-25-21(28)15(4)26-22(29)17-7-5-6-8-18(17)23(26)30/h5-11,13,15H,12H2,1-4H3,(H,24,27)(H,25,28). The van der Waals surface area contributed by atoms with E-state index in [0.717, 1.165) is 16.0 Å². The summed E-state index contributed by atoms with van der Waals surface area (Å²) in [5.74, 6) is -1.52. The summed E-state index contributed by atoms with van der Waals surface area (Å²) < 4.78 is 5.63. The van der Waals surface area contributed by atoms with Crippen molar-refractivity contribution in [1.82, 2.24) is 15.8 Å². The van der Waals surface area contributed by atoms with Gasteiger partial charge in [-0.25, -0.2) is 0 Å². The summed E-state index contributed by atoms with van der Waals surface area (Å²) in [4.78, 5) is 50.4. The number of nitrogens with zero attached hydrogens (tertiary/aromatic N) is 1. The van der Waals surface area contributed by atoms with Crippen molar-refractivity contribution in [3.8, 4) is 5.75 Å². The summed E-state index contributed by atoms with van der Waals surface area (Å²) in [5, 5.41) is 0. The number of benzene rings is 2. The molecule has 1 aliphatic rings. The minimum absolute atomic E-state index is 0.221. The Morgan fingerprint density at radius 1 is 0.968 bits per heavy atom. The second-order valence-corrected chi connectivity index (χ2v) is 7.72. The van der Waals surface area contributed by atoms with Crippen molar-refractivity contribution in [3.05, 3.63) is 64.7 Å². The van der Waals surface area contributed by atoms with Crippen molar-refractivity contribution in [3.63, 3.8) is 0 Å². The van der Waals surface area contributed by atoms with E-state index in [1.807, 2.05) is 39.0 Å². The third-order valence-electron chi connectivity index (χ3n) is 5.07. The predicted octanol–water partition coefficient (Wildman–Crippen LogP) is 2.33. The van der Waals surface area contributed by atoms with Crippen LogP contribution >= 0.6 is 0 Å². The van der Waals surface area contributed by atoms with Gasteiger partial charge in [0.25, 0.3) is 23.6 Å². The quantitative estimate of drug-likeness (QED) is 0.548. The minimum Gasteiger partial charge on any atom is -0.483 e. The van der Waals surface area contributed by atoms with Crippen LogP contribution in [0.5, 0.6) is 5.75 Å². The Balaban J connectivity index is 1.55. The van der Waals surface area contributed by atoms with Crippen LogP contribution in [0.4, 0.5) is 0 Å². The molecule has 31 heavy (non-hydrogen) atoms. The van der Waals surface area contributed by atoms with Crippen LogP contribution in [-0.4, -0.2) is 41.2 Å². The van der Waals surface area contributed by atoms with Crippen molar-refractivity contribution in [2.45, 2.75) is 39.7 Å². The fourth-order valence-electron chi connectivity index (χ4n) is 3.34. The lowest BCUT2D eigenvalue weighted by molar-refractivity contribution is -0.131. The Morgan fingerprint density at radius 3 is 2.16 bits per heavy atom. The van der Waals surface area contributed by atoms with Crippen molar-refractivity contribution >= 4 is 23.6 Å². The van der Waals surface area contributed by atoms with Gasteiger partial charge in [0.05, 0.1) is 11.1 Å². The average molecular weight is 423 g/mol. The zero-order chi connectivity index (χ0) is 22.7. The van der Waals surface area contributed by atoms with E-state index >= 15 is 0 Å². The number of fused-ring (bicyclic) bond motifs is 1. The van der Waals surface area contributed by atoms with E-state index in [1.54, 1.807) is 12.1 Å². The number of hydrogen-bond acceptors (Lipinski definition) is 5. The topological polar surface area (TPSA) is 105 Å². The highest BCUT2D eigenvalue weighted by Crippen LogP contribution is 2.27. The van der Waals surface area contributed by atoms with Crippen LogP contribution in [0.15, 0.2) is 42.5 Å². The first-order chi connectivity index (χ1) is 14.7. The summed E-state index contributed by atoms with van der Waals surface area (Å²) >= 11 is 0. The molecule has 3 rings (SSSR count). The van der Waals surface area contributed by atoms with Gasteiger partial charge in [0, 0.05) is 0 Å². The van der Waals surface area contributed by atoms with Crippen LogP contribution in [-0.2, 0) is 9.59 Å². The predicted molar refractivity (Wildman–Crippen MR) is 113 cm³/mol. The van der Waals surface area contributed by atoms with Gasteiger partial charge in [-0.3, -0.25) is 34.9 Å². The normalized spacial score (nSPS) is 13.8. The molecule has 162 valence electrons. The summed E-state index contributed by atoms with van der Waals surface area (Å²) in [6.07, 6.45) is 0. The molecule has 0 bridgehead atoms. The third-order valence-corrected chi connectivity index (χ3v) is 5.07. The molecule has 1 aliphatic heterocycles. The minimum atomic E-state index is -1.10. The van der Waals surface area contributed by atoms with E-state index in [4.69, 9.17) is 4.74 Å². The molecule has 8 heteroatoms. The van der Waals surface area contributed by atoms with E-state index in [1.165, 1.54) is 19.1 Å². The van der Waals surface area contributed by atoms with Gasteiger partial charge in [-0.2, -0.15) is 0 Å². The molecule has 0 saturated carbocycles. The molecule has 0 radical (unpaired) electrons. The van der Waals surface area contributed by atoms with Crippen LogP contribution in [0.3, 0.4) is 0 Å². The fourth-order valence-corrected chi connectivity index (χ4v) is 3.34. The molecule has 0 saturated heterocycles. The van der Waals surface area contributed by atoms with Crippen LogP contribution in [0, 0.1) is 6.92 Å². The summed E-state index contributed by atoms with van der Waals surface area (Å²) in [7, 11) is 0. The first-order valence-electron chi connectivity index (χ1n) is 9.99. The maximum absolute atomic E-state index is 12.5. The van der Waals surface area contributed by atoms with Crippen LogP contribution in [0.2, 0.25) is 0 Å². The van der Waals surface area contributed by atoms with Gasteiger partial charge in [-0.05, 0) is 49.1 Å². The number of nitrogens with one attached hydrogen (secondary N) is 2. The SMILES string of the molecule is Cc1ccc(C(C)C)c(OCC(=O)NNC(=O)C(C)N2C(=O)c3ccccc3C2=O)c1. The molecule has 0 aromatic heterocycles. The number of rotatable bonds is 6. The monoisotopic (exact) mass is 423 g/mol. The summed E-state index contributed by atoms with van der Waals surface area (Å²) in [5.41, 5.74) is 6.99. The molecule has 0 aliphatic carbocycles. The van der Waals surface area contributed by atoms with Gasteiger partial charge in [0.2, 0.25) is 0 Å². The lowest BCUT2D eigenvalue weighted by atomic mass is 10.0. The molecule has 2 aromatic rings. The largest absolute Gasteiger partial charge is 0.483 e. The number of amides is 4. The molecule has 1 atom stereocenters. The Morgan fingerprint density at radius 2 is 1.58 bits per heavy atom. The average Bonchev–Trinajstić information content (AvgIpc) is 3.00. The van der Waals surface area contributed by atoms with Gasteiger partial charge in [0.15, 0.2) is 6.61 Å². The second-order valence-electron chi connectivity index (χ2n) is 7.72. The summed E-state index contributed by atoms with van der Waals surface area (Å²) in [6, 6.07) is 11.1. The molecule has 0 fully saturated rings. The van der Waals surface area contributed by atoms with Crippen molar-refractivity contribution < 1.29 is 23.9 Å². The Kier molecular flexibility index (Phi) is 6.39. The van der Waals surface area contributed by atoms with Crippen LogP contribution in [0.1, 0.15) is 58.5 Å². The van der Waals surface area contributed by atoms with E-state index < -0.39 is 29.7 Å². The Hall–Kier alpha value is -3.68. The number of hydrogen-bond donors (Lipinski definition) is 2. The lowest BCUT2D eigenvalue weighted by Gasteiger charge is -2.21. The molecule has 1 heterocycles. The highest BCUT2D eigenvalue weighted by Gasteiger charge is 2.40. The first-order valence-corrected chi connectivity index (χ1v) is 9.99. The zero-order valence-corrected chi connectivity index (χ0v) is 17.9. The van der Waals surface area contributed by atoms with Crippen LogP contribution < -0.4 is 15.6 Å². The van der Waals surface area contributed by atoms with Crippen molar-refractivity contribution in [2.75, 3.05) is 6.61 Å². The smallest absolute Gasteiger partial charge is 0.276 e. The lowest BCUT2D eigenvalue weighted by Crippen LogP contribution is -2.53. The van der Waals surface area contributed by atoms with Gasteiger partial charge < -0.3 is 4.74 Å². The van der Waals surface area contributed by atoms with E-state index in [9.17, 15) is 19.2 Å². The van der Waals surface area contributed by atoms with Gasteiger partial charge in [-0.15, -0.1) is 0 Å². The van der Waals surface area contributed by atoms with Gasteiger partial charge >= 0.3 is 0 Å². The zero-order valence-electron chi connectivity index (χ0n) is 17.9. The fraction of sp³-hybridized carbons (Fsp3) is 0.304.